The molecule has 0 saturated carbocycles. The molecule has 1 rings (SSSR count). The first-order chi connectivity index (χ1) is 6.50. The third-order valence-corrected chi connectivity index (χ3v) is 2.88. The van der Waals surface area contributed by atoms with Crippen molar-refractivity contribution in [3.05, 3.63) is 42.0 Å². The second kappa shape index (κ2) is 4.65. The van der Waals surface area contributed by atoms with Crippen LogP contribution >= 0.6 is 11.6 Å². The standard InChI is InChI=1S/C13H17Cl/c1-13(2,3)12(14)10-9-11-7-5-4-6-8-11/h4-10,12H,1-3H3/b10-9+. The zero-order valence-corrected chi connectivity index (χ0v) is 9.75. The van der Waals surface area contributed by atoms with Gasteiger partial charge < -0.3 is 0 Å². The largest absolute Gasteiger partial charge is 0.118 e. The lowest BCUT2D eigenvalue weighted by Crippen LogP contribution is -2.17. The molecule has 0 aliphatic carbocycles. The molecule has 0 saturated heterocycles. The van der Waals surface area contributed by atoms with Crippen molar-refractivity contribution in [3.63, 3.8) is 0 Å². The highest BCUT2D eigenvalue weighted by atomic mass is 35.5. The lowest BCUT2D eigenvalue weighted by Gasteiger charge is -2.21. The Morgan fingerprint density at radius 1 is 1.14 bits per heavy atom. The first-order valence-corrected chi connectivity index (χ1v) is 5.31. The Labute approximate surface area is 91.6 Å². The van der Waals surface area contributed by atoms with E-state index in [0.717, 1.165) is 0 Å². The monoisotopic (exact) mass is 208 g/mol. The quantitative estimate of drug-likeness (QED) is 0.634. The fraction of sp³-hybridized carbons (Fsp3) is 0.385. The van der Waals surface area contributed by atoms with Gasteiger partial charge in [0.1, 0.15) is 0 Å². The third-order valence-electron chi connectivity index (χ3n) is 2.08. The Hall–Kier alpha value is -0.750. The van der Waals surface area contributed by atoms with Gasteiger partial charge >= 0.3 is 0 Å². The maximum atomic E-state index is 6.22. The van der Waals surface area contributed by atoms with Gasteiger partial charge in [-0.05, 0) is 11.0 Å². The normalized spacial score (nSPS) is 14.6. The SMILES string of the molecule is CC(C)(C)C(Cl)/C=C/c1ccccc1. The highest BCUT2D eigenvalue weighted by Crippen LogP contribution is 2.25. The Morgan fingerprint density at radius 2 is 1.71 bits per heavy atom. The molecule has 0 spiro atoms. The molecule has 0 heterocycles. The molecule has 0 amide bonds. The molecular weight excluding hydrogens is 192 g/mol. The molecule has 0 aliphatic rings. The number of hydrogen-bond acceptors (Lipinski definition) is 0. The molecule has 1 aromatic carbocycles. The summed E-state index contributed by atoms with van der Waals surface area (Å²) >= 11 is 6.22. The first kappa shape index (κ1) is 11.3. The molecule has 1 unspecified atom stereocenters. The molecule has 0 nitrogen and oxygen atoms in total. The molecule has 76 valence electrons. The van der Waals surface area contributed by atoms with E-state index in [0.29, 0.717) is 0 Å². The van der Waals surface area contributed by atoms with Crippen molar-refractivity contribution in [1.29, 1.82) is 0 Å². The van der Waals surface area contributed by atoms with Gasteiger partial charge in [0, 0.05) is 0 Å². The van der Waals surface area contributed by atoms with Crippen LogP contribution in [0.2, 0.25) is 0 Å². The van der Waals surface area contributed by atoms with E-state index in [-0.39, 0.29) is 10.8 Å². The summed E-state index contributed by atoms with van der Waals surface area (Å²) in [6.45, 7) is 6.42. The molecule has 14 heavy (non-hydrogen) atoms. The van der Waals surface area contributed by atoms with Crippen molar-refractivity contribution < 1.29 is 0 Å². The van der Waals surface area contributed by atoms with E-state index < -0.39 is 0 Å². The first-order valence-electron chi connectivity index (χ1n) is 4.87. The maximum absolute atomic E-state index is 6.22. The Balaban J connectivity index is 2.66. The molecule has 1 atom stereocenters. The molecule has 0 aliphatic heterocycles. The van der Waals surface area contributed by atoms with E-state index in [1.807, 2.05) is 18.2 Å². The third kappa shape index (κ3) is 3.55. The summed E-state index contributed by atoms with van der Waals surface area (Å²) in [5, 5.41) is 0.0720. The van der Waals surface area contributed by atoms with Gasteiger partial charge in [-0.15, -0.1) is 11.6 Å². The number of allylic oxidation sites excluding steroid dienone is 1. The fourth-order valence-electron chi connectivity index (χ4n) is 1.05. The molecule has 0 radical (unpaired) electrons. The van der Waals surface area contributed by atoms with E-state index in [1.54, 1.807) is 0 Å². The molecule has 0 aromatic heterocycles. The van der Waals surface area contributed by atoms with E-state index >= 15 is 0 Å². The lowest BCUT2D eigenvalue weighted by molar-refractivity contribution is 0.428. The van der Waals surface area contributed by atoms with Crippen molar-refractivity contribution in [1.82, 2.24) is 0 Å². The fourth-order valence-corrected chi connectivity index (χ4v) is 1.12. The lowest BCUT2D eigenvalue weighted by atomic mass is 9.91. The van der Waals surface area contributed by atoms with Crippen molar-refractivity contribution in [2.45, 2.75) is 26.1 Å². The minimum atomic E-state index is 0.0720. The van der Waals surface area contributed by atoms with Crippen molar-refractivity contribution in [2.75, 3.05) is 0 Å². The van der Waals surface area contributed by atoms with Crippen molar-refractivity contribution >= 4 is 17.7 Å². The zero-order chi connectivity index (χ0) is 10.6. The van der Waals surface area contributed by atoms with Crippen LogP contribution in [0.5, 0.6) is 0 Å². The van der Waals surface area contributed by atoms with Gasteiger partial charge in [-0.3, -0.25) is 0 Å². The molecular formula is C13H17Cl. The smallest absolute Gasteiger partial charge is 0.0567 e. The number of benzene rings is 1. The molecule has 1 aromatic rings. The summed E-state index contributed by atoms with van der Waals surface area (Å²) < 4.78 is 0. The predicted octanol–water partition coefficient (Wildman–Crippen LogP) is 4.35. The minimum Gasteiger partial charge on any atom is -0.118 e. The highest BCUT2D eigenvalue weighted by molar-refractivity contribution is 6.22. The number of alkyl halides is 1. The minimum absolute atomic E-state index is 0.0720. The van der Waals surface area contributed by atoms with Crippen LogP contribution in [0.25, 0.3) is 6.08 Å². The topological polar surface area (TPSA) is 0 Å². The summed E-state index contributed by atoms with van der Waals surface area (Å²) in [4.78, 5) is 0. The second-order valence-corrected chi connectivity index (χ2v) is 5.01. The molecule has 1 heteroatoms. The van der Waals surface area contributed by atoms with Gasteiger partial charge in [-0.1, -0.05) is 63.3 Å². The van der Waals surface area contributed by atoms with Crippen LogP contribution in [0.1, 0.15) is 26.3 Å². The van der Waals surface area contributed by atoms with E-state index in [1.165, 1.54) is 5.56 Å². The maximum Gasteiger partial charge on any atom is 0.0567 e. The van der Waals surface area contributed by atoms with E-state index in [2.05, 4.69) is 45.1 Å². The second-order valence-electron chi connectivity index (χ2n) is 4.54. The van der Waals surface area contributed by atoms with Gasteiger partial charge in [-0.25, -0.2) is 0 Å². The molecule has 0 N–H and O–H groups in total. The summed E-state index contributed by atoms with van der Waals surface area (Å²) in [5.74, 6) is 0. The van der Waals surface area contributed by atoms with Crippen LogP contribution in [0.3, 0.4) is 0 Å². The summed E-state index contributed by atoms with van der Waals surface area (Å²) in [7, 11) is 0. The van der Waals surface area contributed by atoms with Crippen LogP contribution in [-0.4, -0.2) is 5.38 Å². The van der Waals surface area contributed by atoms with Crippen LogP contribution < -0.4 is 0 Å². The predicted molar refractivity (Wildman–Crippen MR) is 64.6 cm³/mol. The molecule has 0 fully saturated rings. The number of halogens is 1. The van der Waals surface area contributed by atoms with Gasteiger partial charge in [0.15, 0.2) is 0 Å². The Bertz CT molecular complexity index is 293. The molecule has 0 bridgehead atoms. The number of hydrogen-bond donors (Lipinski definition) is 0. The average molecular weight is 209 g/mol. The van der Waals surface area contributed by atoms with Gasteiger partial charge in [0.25, 0.3) is 0 Å². The Morgan fingerprint density at radius 3 is 2.21 bits per heavy atom. The van der Waals surface area contributed by atoms with Crippen LogP contribution in [0, 0.1) is 5.41 Å². The van der Waals surface area contributed by atoms with Crippen LogP contribution in [0.15, 0.2) is 36.4 Å². The van der Waals surface area contributed by atoms with Crippen molar-refractivity contribution in [3.8, 4) is 0 Å². The summed E-state index contributed by atoms with van der Waals surface area (Å²) in [6, 6.07) is 10.2. The van der Waals surface area contributed by atoms with Crippen molar-refractivity contribution in [2.24, 2.45) is 5.41 Å². The van der Waals surface area contributed by atoms with Gasteiger partial charge in [0.2, 0.25) is 0 Å². The van der Waals surface area contributed by atoms with Crippen LogP contribution in [0.4, 0.5) is 0 Å². The zero-order valence-electron chi connectivity index (χ0n) is 9.00. The van der Waals surface area contributed by atoms with Gasteiger partial charge in [-0.2, -0.15) is 0 Å². The summed E-state index contributed by atoms with van der Waals surface area (Å²) in [5.41, 5.74) is 1.31. The van der Waals surface area contributed by atoms with E-state index in [4.69, 9.17) is 11.6 Å². The highest BCUT2D eigenvalue weighted by Gasteiger charge is 2.18. The number of rotatable bonds is 2. The van der Waals surface area contributed by atoms with E-state index in [9.17, 15) is 0 Å². The average Bonchev–Trinajstić information content (AvgIpc) is 2.14. The van der Waals surface area contributed by atoms with Crippen LogP contribution in [-0.2, 0) is 0 Å². The van der Waals surface area contributed by atoms with Gasteiger partial charge in [0.05, 0.1) is 5.38 Å². The summed E-state index contributed by atoms with van der Waals surface area (Å²) in [6.07, 6.45) is 4.12. The Kier molecular flexibility index (Phi) is 3.77.